The second kappa shape index (κ2) is 9.86. The molecule has 0 saturated heterocycles. The van der Waals surface area contributed by atoms with Gasteiger partial charge in [0.15, 0.2) is 11.0 Å². The fourth-order valence-electron chi connectivity index (χ4n) is 3.06. The number of ether oxygens (including phenoxy) is 1. The van der Waals surface area contributed by atoms with E-state index in [9.17, 15) is 9.59 Å². The van der Waals surface area contributed by atoms with Crippen molar-refractivity contribution in [3.63, 3.8) is 0 Å². The zero-order chi connectivity index (χ0) is 23.3. The van der Waals surface area contributed by atoms with Crippen molar-refractivity contribution >= 4 is 23.7 Å². The van der Waals surface area contributed by atoms with Gasteiger partial charge in [-0.25, -0.2) is 4.79 Å². The molecular weight excluding hydrogens is 426 g/mol. The average Bonchev–Trinajstić information content (AvgIpc) is 3.16. The van der Waals surface area contributed by atoms with Gasteiger partial charge < -0.3 is 10.5 Å². The summed E-state index contributed by atoms with van der Waals surface area (Å²) in [5.41, 5.74) is 7.99. The first-order chi connectivity index (χ1) is 15.2. The molecule has 0 bridgehead atoms. The largest absolute Gasteiger partial charge is 0.494 e. The van der Waals surface area contributed by atoms with Crippen LogP contribution in [-0.4, -0.2) is 39.1 Å². The van der Waals surface area contributed by atoms with E-state index in [2.05, 4.69) is 48.4 Å². The molecule has 0 aliphatic rings. The molecule has 1 heterocycles. The Hall–Kier alpha value is -3.33. The summed E-state index contributed by atoms with van der Waals surface area (Å²) in [5.74, 6) is 0.879. The van der Waals surface area contributed by atoms with Gasteiger partial charge in [-0.3, -0.25) is 14.7 Å². The van der Waals surface area contributed by atoms with Gasteiger partial charge in [0, 0.05) is 11.3 Å². The standard InChI is InChI=1S/C23H27N5O3S/c1-5-31-18-12-10-17(11-13-18)28-20(15-6-8-16(9-7-15)23(2,3)4)26-27-22(28)32-14-19(29)25-21(24)30/h6-13H,5,14H2,1-4H3,(H3,24,25,29,30). The second-order valence-electron chi connectivity index (χ2n) is 8.10. The summed E-state index contributed by atoms with van der Waals surface area (Å²) >= 11 is 1.17. The molecule has 8 nitrogen and oxygen atoms in total. The first-order valence-corrected chi connectivity index (χ1v) is 11.2. The quantitative estimate of drug-likeness (QED) is 0.525. The van der Waals surface area contributed by atoms with Crippen LogP contribution in [0.3, 0.4) is 0 Å². The fourth-order valence-corrected chi connectivity index (χ4v) is 3.82. The molecule has 0 fully saturated rings. The van der Waals surface area contributed by atoms with Crippen molar-refractivity contribution in [3.8, 4) is 22.8 Å². The number of nitrogens with two attached hydrogens (primary N) is 1. The predicted octanol–water partition coefficient (Wildman–Crippen LogP) is 3.92. The first kappa shape index (κ1) is 23.3. The zero-order valence-corrected chi connectivity index (χ0v) is 19.4. The normalized spacial score (nSPS) is 11.2. The number of carbonyl (C=O) groups excluding carboxylic acids is 2. The molecule has 3 N–H and O–H groups in total. The number of urea groups is 1. The highest BCUT2D eigenvalue weighted by Crippen LogP contribution is 2.30. The molecule has 32 heavy (non-hydrogen) atoms. The molecule has 3 rings (SSSR count). The summed E-state index contributed by atoms with van der Waals surface area (Å²) < 4.78 is 7.42. The van der Waals surface area contributed by atoms with E-state index in [0.29, 0.717) is 17.6 Å². The lowest BCUT2D eigenvalue weighted by molar-refractivity contribution is -0.117. The van der Waals surface area contributed by atoms with Crippen LogP contribution in [0.5, 0.6) is 5.75 Å². The Labute approximate surface area is 191 Å². The molecule has 1 aromatic heterocycles. The van der Waals surface area contributed by atoms with Crippen molar-refractivity contribution < 1.29 is 14.3 Å². The molecule has 3 aromatic rings. The summed E-state index contributed by atoms with van der Waals surface area (Å²) in [5, 5.41) is 11.3. The van der Waals surface area contributed by atoms with Gasteiger partial charge >= 0.3 is 6.03 Å². The SMILES string of the molecule is CCOc1ccc(-n2c(SCC(=O)NC(N)=O)nnc2-c2ccc(C(C)(C)C)cc2)cc1. The fraction of sp³-hybridized carbons (Fsp3) is 0.304. The maximum absolute atomic E-state index is 11.9. The number of thioether (sulfide) groups is 1. The third-order valence-electron chi connectivity index (χ3n) is 4.64. The second-order valence-corrected chi connectivity index (χ2v) is 9.04. The number of nitrogens with zero attached hydrogens (tertiary/aromatic N) is 3. The summed E-state index contributed by atoms with van der Waals surface area (Å²) in [7, 11) is 0. The third-order valence-corrected chi connectivity index (χ3v) is 5.57. The highest BCUT2D eigenvalue weighted by molar-refractivity contribution is 7.99. The maximum atomic E-state index is 11.9. The van der Waals surface area contributed by atoms with E-state index >= 15 is 0 Å². The van der Waals surface area contributed by atoms with E-state index in [1.54, 1.807) is 0 Å². The number of primary amides is 1. The minimum atomic E-state index is -0.886. The van der Waals surface area contributed by atoms with Gasteiger partial charge in [0.1, 0.15) is 5.75 Å². The van der Waals surface area contributed by atoms with E-state index in [4.69, 9.17) is 10.5 Å². The van der Waals surface area contributed by atoms with Gasteiger partial charge in [-0.2, -0.15) is 0 Å². The van der Waals surface area contributed by atoms with E-state index in [1.807, 2.05) is 47.9 Å². The highest BCUT2D eigenvalue weighted by Gasteiger charge is 2.19. The lowest BCUT2D eigenvalue weighted by atomic mass is 9.87. The van der Waals surface area contributed by atoms with E-state index in [-0.39, 0.29) is 11.2 Å². The van der Waals surface area contributed by atoms with E-state index in [0.717, 1.165) is 17.0 Å². The molecule has 0 saturated carbocycles. The molecule has 168 valence electrons. The Balaban J connectivity index is 1.98. The summed E-state index contributed by atoms with van der Waals surface area (Å²) in [6.07, 6.45) is 0. The van der Waals surface area contributed by atoms with E-state index in [1.165, 1.54) is 17.3 Å². The smallest absolute Gasteiger partial charge is 0.318 e. The number of carbonyl (C=O) groups is 2. The molecule has 0 radical (unpaired) electrons. The van der Waals surface area contributed by atoms with Crippen LogP contribution < -0.4 is 15.8 Å². The highest BCUT2D eigenvalue weighted by atomic mass is 32.2. The van der Waals surface area contributed by atoms with Crippen LogP contribution in [-0.2, 0) is 10.2 Å². The van der Waals surface area contributed by atoms with Crippen molar-refractivity contribution in [3.05, 3.63) is 54.1 Å². The van der Waals surface area contributed by atoms with Gasteiger partial charge in [0.25, 0.3) is 0 Å². The van der Waals surface area contributed by atoms with Crippen molar-refractivity contribution in [1.29, 1.82) is 0 Å². The van der Waals surface area contributed by atoms with Gasteiger partial charge in [0.2, 0.25) is 5.91 Å². The number of imide groups is 1. The van der Waals surface area contributed by atoms with Crippen LogP contribution in [0.1, 0.15) is 33.3 Å². The number of hydrogen-bond acceptors (Lipinski definition) is 6. The van der Waals surface area contributed by atoms with Crippen LogP contribution in [0.4, 0.5) is 4.79 Å². The van der Waals surface area contributed by atoms with E-state index < -0.39 is 11.9 Å². The lowest BCUT2D eigenvalue weighted by Crippen LogP contribution is -2.36. The number of nitrogens with one attached hydrogen (secondary N) is 1. The monoisotopic (exact) mass is 453 g/mol. The van der Waals surface area contributed by atoms with Crippen molar-refractivity contribution in [2.45, 2.75) is 38.3 Å². The Morgan fingerprint density at radius 1 is 1.06 bits per heavy atom. The summed E-state index contributed by atoms with van der Waals surface area (Å²) in [4.78, 5) is 22.8. The van der Waals surface area contributed by atoms with Crippen LogP contribution in [0.15, 0.2) is 53.7 Å². The lowest BCUT2D eigenvalue weighted by Gasteiger charge is -2.19. The predicted molar refractivity (Wildman–Crippen MR) is 125 cm³/mol. The molecule has 9 heteroatoms. The van der Waals surface area contributed by atoms with Crippen LogP contribution >= 0.6 is 11.8 Å². The molecule has 0 unspecified atom stereocenters. The minimum absolute atomic E-state index is 0.0267. The van der Waals surface area contributed by atoms with Crippen LogP contribution in [0, 0.1) is 0 Å². The summed E-state index contributed by atoms with van der Waals surface area (Å²) in [6, 6.07) is 14.9. The third kappa shape index (κ3) is 5.67. The van der Waals surface area contributed by atoms with Crippen LogP contribution in [0.25, 0.3) is 17.1 Å². The maximum Gasteiger partial charge on any atom is 0.318 e. The number of benzene rings is 2. The summed E-state index contributed by atoms with van der Waals surface area (Å²) in [6.45, 7) is 9.00. The molecule has 0 aliphatic heterocycles. The van der Waals surface area contributed by atoms with Gasteiger partial charge in [-0.15, -0.1) is 10.2 Å². The molecule has 3 amide bonds. The number of amides is 3. The minimum Gasteiger partial charge on any atom is -0.494 e. The topological polar surface area (TPSA) is 112 Å². The van der Waals surface area contributed by atoms with Crippen molar-refractivity contribution in [2.75, 3.05) is 12.4 Å². The van der Waals surface area contributed by atoms with Gasteiger partial charge in [0.05, 0.1) is 12.4 Å². The van der Waals surface area contributed by atoms with Crippen LogP contribution in [0.2, 0.25) is 0 Å². The first-order valence-electron chi connectivity index (χ1n) is 10.2. The van der Waals surface area contributed by atoms with Crippen molar-refractivity contribution in [2.24, 2.45) is 5.73 Å². The average molecular weight is 454 g/mol. The number of hydrogen-bond donors (Lipinski definition) is 2. The molecule has 0 atom stereocenters. The number of rotatable bonds is 7. The Morgan fingerprint density at radius 2 is 1.72 bits per heavy atom. The van der Waals surface area contributed by atoms with Crippen molar-refractivity contribution in [1.82, 2.24) is 20.1 Å². The molecule has 0 aliphatic carbocycles. The molecular formula is C23H27N5O3S. The molecule has 2 aromatic carbocycles. The Morgan fingerprint density at radius 3 is 2.28 bits per heavy atom. The van der Waals surface area contributed by atoms with Gasteiger partial charge in [-0.1, -0.05) is 56.8 Å². The molecule has 0 spiro atoms. The van der Waals surface area contributed by atoms with Gasteiger partial charge in [-0.05, 0) is 42.2 Å². The Kier molecular flexibility index (Phi) is 7.19. The zero-order valence-electron chi connectivity index (χ0n) is 18.6. The number of aromatic nitrogens is 3. The Bertz CT molecular complexity index is 1090.